The monoisotopic (exact) mass is 420 g/mol. The molecule has 1 heterocycles. The van der Waals surface area contributed by atoms with Crippen molar-refractivity contribution >= 4 is 23.5 Å². The highest BCUT2D eigenvalue weighted by Gasteiger charge is 2.56. The van der Waals surface area contributed by atoms with E-state index in [1.165, 1.54) is 5.56 Å². The van der Waals surface area contributed by atoms with Gasteiger partial charge in [-0.1, -0.05) is 48.5 Å². The lowest BCUT2D eigenvalue weighted by Gasteiger charge is -2.48. The largest absolute Gasteiger partial charge is 0.325 e. The number of nitrogens with zero attached hydrogens (tertiary/aromatic N) is 2. The highest BCUT2D eigenvalue weighted by atomic mass is 16.2. The number of anilines is 1. The van der Waals surface area contributed by atoms with Gasteiger partial charge in [0.25, 0.3) is 5.91 Å². The summed E-state index contributed by atoms with van der Waals surface area (Å²) in [5.41, 5.74) is 0.727. The Morgan fingerprint density at radius 2 is 1.55 bits per heavy atom. The Balaban J connectivity index is 1.47. The van der Waals surface area contributed by atoms with Gasteiger partial charge in [-0.15, -0.1) is 0 Å². The number of carbonyl (C=O) groups is 3. The minimum atomic E-state index is -0.932. The lowest BCUT2D eigenvalue weighted by Crippen LogP contribution is -2.55. The maximum absolute atomic E-state index is 13.2. The van der Waals surface area contributed by atoms with E-state index in [4.69, 9.17) is 0 Å². The van der Waals surface area contributed by atoms with Crippen molar-refractivity contribution in [3.63, 3.8) is 0 Å². The van der Waals surface area contributed by atoms with Gasteiger partial charge in [-0.3, -0.25) is 19.4 Å². The number of amides is 4. The van der Waals surface area contributed by atoms with Gasteiger partial charge in [-0.2, -0.15) is 0 Å². The first-order valence-electron chi connectivity index (χ1n) is 10.6. The van der Waals surface area contributed by atoms with Gasteiger partial charge in [0.15, 0.2) is 0 Å². The summed E-state index contributed by atoms with van der Waals surface area (Å²) < 4.78 is 0. The smallest absolute Gasteiger partial charge is 0.325 e. The molecule has 2 aromatic rings. The average Bonchev–Trinajstić information content (AvgIpc) is 2.99. The number of hydrogen-bond donors (Lipinski definition) is 2. The van der Waals surface area contributed by atoms with Crippen LogP contribution < -0.4 is 10.6 Å². The predicted octanol–water partition coefficient (Wildman–Crippen LogP) is 2.95. The molecular formula is C24H28N4O3. The summed E-state index contributed by atoms with van der Waals surface area (Å²) in [7, 11) is 4.11. The molecule has 0 aromatic heterocycles. The Morgan fingerprint density at radius 1 is 0.968 bits per heavy atom. The predicted molar refractivity (Wildman–Crippen MR) is 118 cm³/mol. The molecule has 0 unspecified atom stereocenters. The van der Waals surface area contributed by atoms with E-state index in [0.29, 0.717) is 18.5 Å². The zero-order chi connectivity index (χ0) is 22.1. The third-order valence-electron chi connectivity index (χ3n) is 6.70. The number of benzene rings is 2. The lowest BCUT2D eigenvalue weighted by atomic mass is 9.68. The topological polar surface area (TPSA) is 81.8 Å². The highest BCUT2D eigenvalue weighted by molar-refractivity contribution is 6.10. The van der Waals surface area contributed by atoms with Crippen LogP contribution in [0, 0.1) is 0 Å². The highest BCUT2D eigenvalue weighted by Crippen LogP contribution is 2.46. The van der Waals surface area contributed by atoms with E-state index in [1.54, 1.807) is 12.1 Å². The van der Waals surface area contributed by atoms with Crippen LogP contribution in [-0.4, -0.2) is 53.8 Å². The van der Waals surface area contributed by atoms with Crippen LogP contribution in [0.25, 0.3) is 0 Å². The van der Waals surface area contributed by atoms with Crippen molar-refractivity contribution in [3.05, 3.63) is 66.2 Å². The Kier molecular flexibility index (Phi) is 5.54. The van der Waals surface area contributed by atoms with Crippen molar-refractivity contribution < 1.29 is 14.4 Å². The number of hydrogen-bond acceptors (Lipinski definition) is 4. The van der Waals surface area contributed by atoms with Crippen molar-refractivity contribution in [1.29, 1.82) is 0 Å². The molecule has 31 heavy (non-hydrogen) atoms. The lowest BCUT2D eigenvalue weighted by molar-refractivity contribution is -0.135. The summed E-state index contributed by atoms with van der Waals surface area (Å²) in [6.45, 7) is -0.293. The molecule has 7 heteroatoms. The normalized spacial score (nSPS) is 25.7. The van der Waals surface area contributed by atoms with Gasteiger partial charge < -0.3 is 10.6 Å². The van der Waals surface area contributed by atoms with Crippen LogP contribution in [0.5, 0.6) is 0 Å². The molecule has 7 nitrogen and oxygen atoms in total. The molecule has 4 rings (SSSR count). The maximum Gasteiger partial charge on any atom is 0.325 e. The number of urea groups is 1. The Labute approximate surface area is 182 Å². The molecule has 1 saturated carbocycles. The molecule has 162 valence electrons. The summed E-state index contributed by atoms with van der Waals surface area (Å²) >= 11 is 0. The van der Waals surface area contributed by atoms with Crippen LogP contribution in [0.3, 0.4) is 0 Å². The molecule has 1 aliphatic heterocycles. The molecule has 0 bridgehead atoms. The minimum Gasteiger partial charge on any atom is -0.325 e. The van der Waals surface area contributed by atoms with E-state index in [2.05, 4.69) is 41.8 Å². The van der Waals surface area contributed by atoms with Crippen molar-refractivity contribution in [2.24, 2.45) is 0 Å². The van der Waals surface area contributed by atoms with Gasteiger partial charge in [-0.25, -0.2) is 4.79 Å². The van der Waals surface area contributed by atoms with Crippen molar-refractivity contribution in [2.45, 2.75) is 36.8 Å². The van der Waals surface area contributed by atoms with Gasteiger partial charge in [0.1, 0.15) is 12.1 Å². The second-order valence-electron chi connectivity index (χ2n) is 8.61. The van der Waals surface area contributed by atoms with Gasteiger partial charge in [-0.05, 0) is 57.5 Å². The van der Waals surface area contributed by atoms with Gasteiger partial charge in [0, 0.05) is 11.2 Å². The van der Waals surface area contributed by atoms with E-state index >= 15 is 0 Å². The number of imide groups is 1. The zero-order valence-corrected chi connectivity index (χ0v) is 17.9. The SMILES string of the molecule is CN(C)C1(c2ccccc2)CCC2(CC1)NC(=O)N(CC(=O)Nc1ccccc1)C2=O. The fraction of sp³-hybridized carbons (Fsp3) is 0.375. The van der Waals surface area contributed by atoms with Crippen LogP contribution in [0.4, 0.5) is 10.5 Å². The summed E-state index contributed by atoms with van der Waals surface area (Å²) in [5.74, 6) is -0.699. The van der Waals surface area contributed by atoms with Crippen molar-refractivity contribution in [1.82, 2.24) is 15.1 Å². The van der Waals surface area contributed by atoms with Crippen LogP contribution in [0.15, 0.2) is 60.7 Å². The van der Waals surface area contributed by atoms with Crippen molar-refractivity contribution in [2.75, 3.05) is 26.0 Å². The average molecular weight is 421 g/mol. The van der Waals surface area contributed by atoms with Crippen LogP contribution in [-0.2, 0) is 15.1 Å². The van der Waals surface area contributed by atoms with E-state index in [0.717, 1.165) is 17.7 Å². The number of nitrogens with one attached hydrogen (secondary N) is 2. The fourth-order valence-electron chi connectivity index (χ4n) is 4.86. The van der Waals surface area contributed by atoms with E-state index in [9.17, 15) is 14.4 Å². The minimum absolute atomic E-state index is 0.185. The van der Waals surface area contributed by atoms with E-state index in [-0.39, 0.29) is 18.0 Å². The third kappa shape index (κ3) is 3.81. The summed E-state index contributed by atoms with van der Waals surface area (Å²) in [6, 6.07) is 18.8. The van der Waals surface area contributed by atoms with Crippen LogP contribution >= 0.6 is 0 Å². The fourth-order valence-corrected chi connectivity index (χ4v) is 4.86. The van der Waals surface area contributed by atoms with Crippen LogP contribution in [0.2, 0.25) is 0 Å². The number of para-hydroxylation sites is 1. The molecule has 1 saturated heterocycles. The first-order valence-corrected chi connectivity index (χ1v) is 10.6. The van der Waals surface area contributed by atoms with Crippen molar-refractivity contribution in [3.8, 4) is 0 Å². The molecule has 2 aromatic carbocycles. The quantitative estimate of drug-likeness (QED) is 0.729. The molecule has 2 fully saturated rings. The number of carbonyl (C=O) groups excluding carboxylic acids is 3. The molecule has 1 spiro atoms. The maximum atomic E-state index is 13.2. The molecule has 4 amide bonds. The first kappa shape index (κ1) is 21.1. The molecule has 2 aliphatic rings. The summed E-state index contributed by atoms with van der Waals surface area (Å²) in [5, 5.41) is 5.64. The van der Waals surface area contributed by atoms with E-state index < -0.39 is 17.5 Å². The Hall–Kier alpha value is -3.19. The van der Waals surface area contributed by atoms with Gasteiger partial charge in [0.2, 0.25) is 5.91 Å². The zero-order valence-electron chi connectivity index (χ0n) is 17.9. The second-order valence-corrected chi connectivity index (χ2v) is 8.61. The first-order chi connectivity index (χ1) is 14.9. The molecule has 2 N–H and O–H groups in total. The summed E-state index contributed by atoms with van der Waals surface area (Å²) in [4.78, 5) is 41.5. The molecule has 1 aliphatic carbocycles. The van der Waals surface area contributed by atoms with Gasteiger partial charge in [0.05, 0.1) is 0 Å². The summed E-state index contributed by atoms with van der Waals surface area (Å²) in [6.07, 6.45) is 2.53. The molecular weight excluding hydrogens is 392 g/mol. The number of rotatable bonds is 5. The van der Waals surface area contributed by atoms with Crippen LogP contribution in [0.1, 0.15) is 31.2 Å². The standard InChI is InChI=1S/C24H28N4O3/c1-27(2)24(18-9-5-3-6-10-18)15-13-23(14-16-24)21(30)28(22(31)26-23)17-20(29)25-19-11-7-4-8-12-19/h3-12H,13-17H2,1-2H3,(H,25,29)(H,26,31). The molecule has 0 radical (unpaired) electrons. The molecule has 0 atom stereocenters. The second kappa shape index (κ2) is 8.15. The van der Waals surface area contributed by atoms with E-state index in [1.807, 2.05) is 36.4 Å². The van der Waals surface area contributed by atoms with Gasteiger partial charge >= 0.3 is 6.03 Å². The Morgan fingerprint density at radius 3 is 2.13 bits per heavy atom. The third-order valence-corrected chi connectivity index (χ3v) is 6.70. The Bertz CT molecular complexity index is 967.